The van der Waals surface area contributed by atoms with Gasteiger partial charge in [-0.15, -0.1) is 0 Å². The lowest BCUT2D eigenvalue weighted by Gasteiger charge is -2.25. The largest absolute Gasteiger partial charge is 0.468 e. The molecule has 0 aliphatic rings. The molecule has 0 aliphatic carbocycles. The van der Waals surface area contributed by atoms with Gasteiger partial charge in [-0.1, -0.05) is 26.7 Å². The zero-order chi connectivity index (χ0) is 11.1. The maximum absolute atomic E-state index is 11.2. The van der Waals surface area contributed by atoms with Crippen LogP contribution in [0.3, 0.4) is 0 Å². The van der Waals surface area contributed by atoms with Gasteiger partial charge in [-0.3, -0.25) is 4.79 Å². The summed E-state index contributed by atoms with van der Waals surface area (Å²) in [5.74, 6) is 0.435. The van der Waals surface area contributed by atoms with E-state index in [-0.39, 0.29) is 12.0 Å². The van der Waals surface area contributed by atoms with Crippen LogP contribution in [-0.2, 0) is 9.53 Å². The molecule has 2 atom stereocenters. The summed E-state index contributed by atoms with van der Waals surface area (Å²) in [5.41, 5.74) is 0. The number of carbonyl (C=O) groups is 1. The highest BCUT2D eigenvalue weighted by molar-refractivity contribution is 5.75. The molecule has 1 N–H and O–H groups in total. The van der Waals surface area contributed by atoms with E-state index in [2.05, 4.69) is 30.8 Å². The van der Waals surface area contributed by atoms with Gasteiger partial charge in [-0.05, 0) is 19.8 Å². The first-order valence-corrected chi connectivity index (χ1v) is 5.40. The molecule has 0 heterocycles. The second-order valence-electron chi connectivity index (χ2n) is 3.78. The molecule has 0 bridgehead atoms. The third kappa shape index (κ3) is 4.09. The number of esters is 1. The third-order valence-electron chi connectivity index (χ3n) is 2.82. The highest BCUT2D eigenvalue weighted by Gasteiger charge is 2.19. The van der Waals surface area contributed by atoms with Crippen molar-refractivity contribution in [1.29, 1.82) is 0 Å². The number of hydrogen-bond donors (Lipinski definition) is 1. The van der Waals surface area contributed by atoms with Crippen LogP contribution in [0.2, 0.25) is 0 Å². The van der Waals surface area contributed by atoms with Crippen molar-refractivity contribution in [3.05, 3.63) is 0 Å². The molecule has 0 amide bonds. The Morgan fingerprint density at radius 3 is 2.14 bits per heavy atom. The van der Waals surface area contributed by atoms with E-state index < -0.39 is 0 Å². The van der Waals surface area contributed by atoms with Gasteiger partial charge in [0.2, 0.25) is 0 Å². The van der Waals surface area contributed by atoms with Gasteiger partial charge in [0.15, 0.2) is 0 Å². The second kappa shape index (κ2) is 6.82. The maximum atomic E-state index is 11.2. The van der Waals surface area contributed by atoms with Crippen LogP contribution in [-0.4, -0.2) is 25.2 Å². The molecular formula is C11H23NO2. The Bertz CT molecular complexity index is 167. The minimum atomic E-state index is -0.212. The average Bonchev–Trinajstić information content (AvgIpc) is 2.18. The van der Waals surface area contributed by atoms with Crippen LogP contribution >= 0.6 is 0 Å². The summed E-state index contributed by atoms with van der Waals surface area (Å²) in [6.45, 7) is 8.31. The fourth-order valence-corrected chi connectivity index (χ4v) is 1.77. The van der Waals surface area contributed by atoms with Crippen LogP contribution < -0.4 is 5.32 Å². The fourth-order valence-electron chi connectivity index (χ4n) is 1.77. The molecule has 3 heteroatoms. The minimum Gasteiger partial charge on any atom is -0.468 e. The first-order valence-electron chi connectivity index (χ1n) is 5.40. The van der Waals surface area contributed by atoms with Gasteiger partial charge in [0.25, 0.3) is 0 Å². The Morgan fingerprint density at radius 1 is 1.29 bits per heavy atom. The summed E-state index contributed by atoms with van der Waals surface area (Å²) in [6.07, 6.45) is 2.27. The number of rotatable bonds is 6. The Labute approximate surface area is 87.2 Å². The molecule has 0 aliphatic heterocycles. The number of nitrogens with one attached hydrogen (secondary N) is 1. The number of methoxy groups -OCH3 is 1. The van der Waals surface area contributed by atoms with Gasteiger partial charge in [0.05, 0.1) is 7.11 Å². The average molecular weight is 201 g/mol. The molecule has 0 fully saturated rings. The predicted octanol–water partition coefficient (Wildman–Crippen LogP) is 1.96. The zero-order valence-corrected chi connectivity index (χ0v) is 9.96. The third-order valence-corrected chi connectivity index (χ3v) is 2.82. The van der Waals surface area contributed by atoms with Crippen molar-refractivity contribution >= 4 is 5.97 Å². The van der Waals surface area contributed by atoms with E-state index in [0.29, 0.717) is 12.0 Å². The van der Waals surface area contributed by atoms with Crippen LogP contribution in [0.25, 0.3) is 0 Å². The molecule has 2 unspecified atom stereocenters. The minimum absolute atomic E-state index is 0.192. The van der Waals surface area contributed by atoms with Crippen molar-refractivity contribution in [3.8, 4) is 0 Å². The summed E-state index contributed by atoms with van der Waals surface area (Å²) >= 11 is 0. The molecule has 0 saturated heterocycles. The molecule has 0 spiro atoms. The normalized spacial score (nSPS) is 15.3. The molecule has 0 aromatic carbocycles. The van der Waals surface area contributed by atoms with Crippen LogP contribution in [0.4, 0.5) is 0 Å². The van der Waals surface area contributed by atoms with Crippen molar-refractivity contribution in [2.24, 2.45) is 5.92 Å². The molecule has 0 saturated carbocycles. The Hall–Kier alpha value is -0.570. The topological polar surface area (TPSA) is 38.3 Å². The Kier molecular flexibility index (Phi) is 6.54. The SMILES string of the molecule is CCC(CC)C(C)NC(C)C(=O)OC. The summed E-state index contributed by atoms with van der Waals surface area (Å²) < 4.78 is 4.66. The number of ether oxygens (including phenoxy) is 1. The zero-order valence-electron chi connectivity index (χ0n) is 9.96. The van der Waals surface area contributed by atoms with E-state index in [4.69, 9.17) is 0 Å². The van der Waals surface area contributed by atoms with Crippen LogP contribution in [0.15, 0.2) is 0 Å². The lowest BCUT2D eigenvalue weighted by Crippen LogP contribution is -2.43. The smallest absolute Gasteiger partial charge is 0.322 e. The molecular weight excluding hydrogens is 178 g/mol. The molecule has 3 nitrogen and oxygen atoms in total. The Balaban J connectivity index is 4.03. The van der Waals surface area contributed by atoms with Gasteiger partial charge in [0.1, 0.15) is 6.04 Å². The summed E-state index contributed by atoms with van der Waals surface area (Å²) in [4.78, 5) is 11.2. The molecule has 14 heavy (non-hydrogen) atoms. The van der Waals surface area contributed by atoms with Gasteiger partial charge < -0.3 is 10.1 Å². The number of carbonyl (C=O) groups excluding carboxylic acids is 1. The van der Waals surface area contributed by atoms with Gasteiger partial charge in [-0.25, -0.2) is 0 Å². The quantitative estimate of drug-likeness (QED) is 0.668. The van der Waals surface area contributed by atoms with Gasteiger partial charge >= 0.3 is 5.97 Å². The van der Waals surface area contributed by atoms with Crippen LogP contribution in [0, 0.1) is 5.92 Å². The van der Waals surface area contributed by atoms with E-state index in [1.54, 1.807) is 0 Å². The summed E-state index contributed by atoms with van der Waals surface area (Å²) in [5, 5.41) is 3.26. The van der Waals surface area contributed by atoms with Crippen molar-refractivity contribution in [2.45, 2.75) is 52.6 Å². The molecule has 84 valence electrons. The van der Waals surface area contributed by atoms with Gasteiger partial charge in [0, 0.05) is 6.04 Å². The van der Waals surface area contributed by atoms with Gasteiger partial charge in [-0.2, -0.15) is 0 Å². The van der Waals surface area contributed by atoms with Crippen LogP contribution in [0.5, 0.6) is 0 Å². The standard InChI is InChI=1S/C11H23NO2/c1-6-10(7-2)8(3)12-9(4)11(13)14-5/h8-10,12H,6-7H2,1-5H3. The first-order chi connectivity index (χ1) is 6.56. The van der Waals surface area contributed by atoms with E-state index in [9.17, 15) is 4.79 Å². The molecule has 0 radical (unpaired) electrons. The highest BCUT2D eigenvalue weighted by Crippen LogP contribution is 2.13. The van der Waals surface area contributed by atoms with E-state index in [0.717, 1.165) is 12.8 Å². The fraction of sp³-hybridized carbons (Fsp3) is 0.909. The van der Waals surface area contributed by atoms with Crippen molar-refractivity contribution in [3.63, 3.8) is 0 Å². The maximum Gasteiger partial charge on any atom is 0.322 e. The van der Waals surface area contributed by atoms with E-state index in [1.807, 2.05) is 6.92 Å². The lowest BCUT2D eigenvalue weighted by atomic mass is 9.95. The Morgan fingerprint density at radius 2 is 1.79 bits per heavy atom. The van der Waals surface area contributed by atoms with E-state index >= 15 is 0 Å². The first kappa shape index (κ1) is 13.4. The van der Waals surface area contributed by atoms with Crippen molar-refractivity contribution in [1.82, 2.24) is 5.32 Å². The monoisotopic (exact) mass is 201 g/mol. The lowest BCUT2D eigenvalue weighted by molar-refractivity contribution is -0.142. The molecule has 0 aromatic rings. The molecule has 0 aromatic heterocycles. The van der Waals surface area contributed by atoms with Crippen molar-refractivity contribution in [2.75, 3.05) is 7.11 Å². The second-order valence-corrected chi connectivity index (χ2v) is 3.78. The predicted molar refractivity (Wildman–Crippen MR) is 58.1 cm³/mol. The summed E-state index contributed by atoms with van der Waals surface area (Å²) in [6, 6.07) is 0.148. The summed E-state index contributed by atoms with van der Waals surface area (Å²) in [7, 11) is 1.42. The number of hydrogen-bond acceptors (Lipinski definition) is 3. The van der Waals surface area contributed by atoms with Crippen LogP contribution in [0.1, 0.15) is 40.5 Å². The molecule has 0 rings (SSSR count). The van der Waals surface area contributed by atoms with E-state index in [1.165, 1.54) is 7.11 Å². The van der Waals surface area contributed by atoms with Crippen molar-refractivity contribution < 1.29 is 9.53 Å². The highest BCUT2D eigenvalue weighted by atomic mass is 16.5.